The van der Waals surface area contributed by atoms with Gasteiger partial charge in [0.05, 0.1) is 16.3 Å². The number of thiazole rings is 1. The van der Waals surface area contributed by atoms with Gasteiger partial charge >= 0.3 is 5.97 Å². The van der Waals surface area contributed by atoms with Crippen molar-refractivity contribution in [2.24, 2.45) is 0 Å². The summed E-state index contributed by atoms with van der Waals surface area (Å²) in [5.74, 6) is -0.440. The fraction of sp³-hybridized carbons (Fsp3) is 0.250. The number of ether oxygens (including phenoxy) is 2. The fourth-order valence-corrected chi connectivity index (χ4v) is 3.60. The molecule has 1 heterocycles. The summed E-state index contributed by atoms with van der Waals surface area (Å²) in [5.41, 5.74) is 0.904. The van der Waals surface area contributed by atoms with Crippen molar-refractivity contribution < 1.29 is 19.1 Å². The van der Waals surface area contributed by atoms with Gasteiger partial charge in [0.2, 0.25) is 0 Å². The lowest BCUT2D eigenvalue weighted by Gasteiger charge is -2.23. The molecule has 0 aliphatic carbocycles. The second kappa shape index (κ2) is 9.03. The molecule has 0 saturated carbocycles. The number of aromatic nitrogens is 1. The molecule has 3 aromatic rings. The zero-order chi connectivity index (χ0) is 20.1. The molecule has 0 bridgehead atoms. The van der Waals surface area contributed by atoms with Crippen molar-refractivity contribution >= 4 is 45.0 Å². The van der Waals surface area contributed by atoms with Gasteiger partial charge in [-0.25, -0.2) is 9.78 Å². The van der Waals surface area contributed by atoms with Crippen LogP contribution in [0.25, 0.3) is 10.2 Å². The van der Waals surface area contributed by atoms with E-state index in [2.05, 4.69) is 4.98 Å². The molecule has 1 atom stereocenters. The van der Waals surface area contributed by atoms with Crippen molar-refractivity contribution in [2.45, 2.75) is 13.0 Å². The average molecular weight is 419 g/mol. The summed E-state index contributed by atoms with van der Waals surface area (Å²) >= 11 is 7.33. The largest absolute Gasteiger partial charge is 0.482 e. The third-order valence-electron chi connectivity index (χ3n) is 4.17. The second-order valence-electron chi connectivity index (χ2n) is 6.10. The smallest absolute Gasteiger partial charge is 0.344 e. The Balaban J connectivity index is 1.49. The molecule has 0 spiro atoms. The number of esters is 1. The number of rotatable bonds is 7. The molecule has 0 fully saturated rings. The minimum atomic E-state index is -0.621. The number of fused-ring (bicyclic) bond motifs is 1. The molecule has 1 aromatic heterocycles. The van der Waals surface area contributed by atoms with Crippen LogP contribution in [-0.4, -0.2) is 42.0 Å². The number of hydrogen-bond acceptors (Lipinski definition) is 6. The zero-order valence-electron chi connectivity index (χ0n) is 15.4. The van der Waals surface area contributed by atoms with Crippen molar-refractivity contribution in [3.63, 3.8) is 0 Å². The van der Waals surface area contributed by atoms with E-state index in [-0.39, 0.29) is 25.2 Å². The Morgan fingerprint density at radius 2 is 1.86 bits per heavy atom. The molecule has 0 aliphatic rings. The summed E-state index contributed by atoms with van der Waals surface area (Å²) in [5, 5.41) is 1.40. The van der Waals surface area contributed by atoms with E-state index in [4.69, 9.17) is 21.1 Å². The van der Waals surface area contributed by atoms with Crippen LogP contribution in [0.4, 0.5) is 0 Å². The predicted octanol–water partition coefficient (Wildman–Crippen LogP) is 4.09. The molecule has 28 heavy (non-hydrogen) atoms. The van der Waals surface area contributed by atoms with E-state index in [0.717, 1.165) is 15.2 Å². The number of carbonyl (C=O) groups excluding carboxylic acids is 2. The molecule has 0 radical (unpaired) electrons. The van der Waals surface area contributed by atoms with E-state index < -0.39 is 5.97 Å². The van der Waals surface area contributed by atoms with Crippen LogP contribution in [0.15, 0.2) is 48.5 Å². The minimum absolute atomic E-state index is 0.228. The van der Waals surface area contributed by atoms with Gasteiger partial charge in [0, 0.05) is 12.1 Å². The van der Waals surface area contributed by atoms with Crippen LogP contribution < -0.4 is 4.74 Å². The maximum Gasteiger partial charge on any atom is 0.344 e. The highest BCUT2D eigenvalue weighted by Crippen LogP contribution is 2.28. The van der Waals surface area contributed by atoms with Crippen molar-refractivity contribution in [1.29, 1.82) is 0 Å². The van der Waals surface area contributed by atoms with E-state index in [1.807, 2.05) is 31.2 Å². The Morgan fingerprint density at radius 3 is 2.57 bits per heavy atom. The maximum absolute atomic E-state index is 12.4. The van der Waals surface area contributed by atoms with Gasteiger partial charge in [-0.05, 0) is 43.3 Å². The SMILES string of the molecule is C[C@H](c1nc2ccccc2s1)N(C)C(=O)COC(=O)COc1ccc(Cl)cc1. The van der Waals surface area contributed by atoms with Crippen LogP contribution in [0.2, 0.25) is 5.02 Å². The Bertz CT molecular complexity index is 941. The third-order valence-corrected chi connectivity index (χ3v) is 5.63. The van der Waals surface area contributed by atoms with Gasteiger partial charge in [0.25, 0.3) is 5.91 Å². The molecule has 8 heteroatoms. The van der Waals surface area contributed by atoms with Crippen LogP contribution in [0.5, 0.6) is 5.75 Å². The Labute approximate surface area is 171 Å². The molecule has 0 aliphatic heterocycles. The van der Waals surface area contributed by atoms with E-state index >= 15 is 0 Å². The summed E-state index contributed by atoms with van der Waals surface area (Å²) in [7, 11) is 1.66. The highest BCUT2D eigenvalue weighted by molar-refractivity contribution is 7.18. The molecule has 0 unspecified atom stereocenters. The molecule has 0 N–H and O–H groups in total. The van der Waals surface area contributed by atoms with Gasteiger partial charge in [-0.2, -0.15) is 0 Å². The number of nitrogens with zero attached hydrogens (tertiary/aromatic N) is 2. The van der Waals surface area contributed by atoms with E-state index in [0.29, 0.717) is 10.8 Å². The first kappa shape index (κ1) is 20.1. The number of halogens is 1. The quantitative estimate of drug-likeness (QED) is 0.540. The summed E-state index contributed by atoms with van der Waals surface area (Å²) in [6.45, 7) is 1.25. The van der Waals surface area contributed by atoms with Crippen LogP contribution in [0.1, 0.15) is 18.0 Å². The molecule has 146 valence electrons. The Morgan fingerprint density at radius 1 is 1.14 bits per heavy atom. The lowest BCUT2D eigenvalue weighted by Crippen LogP contribution is -2.34. The van der Waals surface area contributed by atoms with Gasteiger partial charge in [0.1, 0.15) is 10.8 Å². The highest BCUT2D eigenvalue weighted by Gasteiger charge is 2.21. The van der Waals surface area contributed by atoms with Crippen molar-refractivity contribution in [2.75, 3.05) is 20.3 Å². The fourth-order valence-electron chi connectivity index (χ4n) is 2.41. The van der Waals surface area contributed by atoms with Crippen molar-refractivity contribution in [3.8, 4) is 5.75 Å². The van der Waals surface area contributed by atoms with E-state index in [1.165, 1.54) is 4.90 Å². The lowest BCUT2D eigenvalue weighted by molar-refractivity contribution is -0.153. The lowest BCUT2D eigenvalue weighted by atomic mass is 10.3. The normalized spacial score (nSPS) is 11.8. The molecule has 3 rings (SSSR count). The summed E-state index contributed by atoms with van der Waals surface area (Å²) in [6.07, 6.45) is 0. The van der Waals surface area contributed by atoms with E-state index in [9.17, 15) is 9.59 Å². The van der Waals surface area contributed by atoms with Gasteiger partial charge < -0.3 is 14.4 Å². The maximum atomic E-state index is 12.4. The van der Waals surface area contributed by atoms with Crippen molar-refractivity contribution in [1.82, 2.24) is 9.88 Å². The molecule has 6 nitrogen and oxygen atoms in total. The third kappa shape index (κ3) is 4.99. The first-order valence-corrected chi connectivity index (χ1v) is 9.78. The van der Waals surface area contributed by atoms with Crippen molar-refractivity contribution in [3.05, 3.63) is 58.6 Å². The summed E-state index contributed by atoms with van der Waals surface area (Å²) < 4.78 is 11.4. The topological polar surface area (TPSA) is 68.7 Å². The first-order chi connectivity index (χ1) is 13.4. The van der Waals surface area contributed by atoms with Crippen LogP contribution in [-0.2, 0) is 14.3 Å². The number of amides is 1. The van der Waals surface area contributed by atoms with Crippen LogP contribution in [0.3, 0.4) is 0 Å². The minimum Gasteiger partial charge on any atom is -0.482 e. The highest BCUT2D eigenvalue weighted by atomic mass is 35.5. The summed E-state index contributed by atoms with van der Waals surface area (Å²) in [4.78, 5) is 30.3. The van der Waals surface area contributed by atoms with Crippen LogP contribution >= 0.6 is 22.9 Å². The Hall–Kier alpha value is -2.64. The number of carbonyl (C=O) groups is 2. The predicted molar refractivity (Wildman–Crippen MR) is 109 cm³/mol. The van der Waals surface area contributed by atoms with E-state index in [1.54, 1.807) is 42.6 Å². The molecule has 0 saturated heterocycles. The number of hydrogen-bond donors (Lipinski definition) is 0. The first-order valence-electron chi connectivity index (χ1n) is 8.59. The second-order valence-corrected chi connectivity index (χ2v) is 7.60. The van der Waals surface area contributed by atoms with Gasteiger partial charge in [-0.3, -0.25) is 4.79 Å². The van der Waals surface area contributed by atoms with Crippen LogP contribution in [0, 0.1) is 0 Å². The summed E-state index contributed by atoms with van der Waals surface area (Å²) in [6, 6.07) is 14.2. The number of benzene rings is 2. The Kier molecular flexibility index (Phi) is 6.49. The molecule has 1 amide bonds. The van der Waals surface area contributed by atoms with Gasteiger partial charge in [0.15, 0.2) is 13.2 Å². The standard InChI is InChI=1S/C20H19ClN2O4S/c1-13(20-22-16-5-3-4-6-17(16)28-20)23(2)18(24)11-27-19(25)12-26-15-9-7-14(21)8-10-15/h3-10,13H,11-12H2,1-2H3/t13-/m1/s1. The molecular formula is C20H19ClN2O4S. The molecular weight excluding hydrogens is 400 g/mol. The van der Waals surface area contributed by atoms with Gasteiger partial charge in [-0.15, -0.1) is 11.3 Å². The zero-order valence-corrected chi connectivity index (χ0v) is 17.0. The van der Waals surface area contributed by atoms with Gasteiger partial charge in [-0.1, -0.05) is 23.7 Å². The number of para-hydroxylation sites is 1. The number of likely N-dealkylation sites (N-methyl/N-ethyl adjacent to an activating group) is 1. The monoisotopic (exact) mass is 418 g/mol. The molecule has 2 aromatic carbocycles. The average Bonchev–Trinajstić information content (AvgIpc) is 3.14.